The third kappa shape index (κ3) is 6.02. The quantitative estimate of drug-likeness (QED) is 0.428. The van der Waals surface area contributed by atoms with Gasteiger partial charge < -0.3 is 19.5 Å². The van der Waals surface area contributed by atoms with Crippen molar-refractivity contribution in [2.45, 2.75) is 11.7 Å². The van der Waals surface area contributed by atoms with Crippen molar-refractivity contribution in [3.05, 3.63) is 35.0 Å². The molecule has 0 fully saturated rings. The van der Waals surface area contributed by atoms with E-state index in [-0.39, 0.29) is 16.4 Å². The molecule has 1 aromatic rings. The highest BCUT2D eigenvalue weighted by Gasteiger charge is 2.42. The van der Waals surface area contributed by atoms with Gasteiger partial charge in [0.1, 0.15) is 11.4 Å². The van der Waals surface area contributed by atoms with E-state index in [1.54, 1.807) is 0 Å². The topological polar surface area (TPSA) is 73.9 Å². The first kappa shape index (κ1) is 20.9. The SMILES string of the molecule is COC(=O)/C=C(/Nc1cc(OC(F)(F)C(F)Cl)ccc1Cl)C(=O)OC. The summed E-state index contributed by atoms with van der Waals surface area (Å²) in [6, 6.07) is 3.12. The molecule has 6 nitrogen and oxygen atoms in total. The Balaban J connectivity index is 3.15. The lowest BCUT2D eigenvalue weighted by Crippen LogP contribution is -2.32. The lowest BCUT2D eigenvalue weighted by Gasteiger charge is -2.19. The van der Waals surface area contributed by atoms with E-state index in [1.807, 2.05) is 0 Å². The van der Waals surface area contributed by atoms with Crippen molar-refractivity contribution < 1.29 is 37.0 Å². The maximum absolute atomic E-state index is 13.2. The molecule has 0 radical (unpaired) electrons. The van der Waals surface area contributed by atoms with Crippen LogP contribution in [0.4, 0.5) is 18.9 Å². The first-order valence-corrected chi connectivity index (χ1v) is 7.21. The van der Waals surface area contributed by atoms with Gasteiger partial charge in [0.25, 0.3) is 5.63 Å². The van der Waals surface area contributed by atoms with Crippen LogP contribution in [0.1, 0.15) is 0 Å². The molecule has 138 valence electrons. The van der Waals surface area contributed by atoms with Crippen LogP contribution in [0.15, 0.2) is 30.0 Å². The lowest BCUT2D eigenvalue weighted by atomic mass is 10.2. The maximum Gasteiger partial charge on any atom is 0.444 e. The molecule has 1 atom stereocenters. The first-order chi connectivity index (χ1) is 11.6. The number of methoxy groups -OCH3 is 2. The van der Waals surface area contributed by atoms with Crippen LogP contribution in [-0.4, -0.2) is 37.9 Å². The number of anilines is 1. The molecule has 0 aliphatic rings. The van der Waals surface area contributed by atoms with E-state index in [9.17, 15) is 22.8 Å². The van der Waals surface area contributed by atoms with Crippen LogP contribution in [0.5, 0.6) is 5.75 Å². The van der Waals surface area contributed by atoms with Gasteiger partial charge >= 0.3 is 18.0 Å². The van der Waals surface area contributed by atoms with Crippen LogP contribution in [0.25, 0.3) is 0 Å². The summed E-state index contributed by atoms with van der Waals surface area (Å²) in [5.41, 5.74) is -3.56. The molecule has 0 amide bonds. The number of halogens is 5. The molecule has 0 saturated carbocycles. The Kier molecular flexibility index (Phi) is 7.38. The number of esters is 2. The number of carbonyl (C=O) groups is 2. The molecule has 1 N–H and O–H groups in total. The minimum Gasteiger partial charge on any atom is -0.466 e. The number of carbonyl (C=O) groups excluding carboxylic acids is 2. The molecule has 1 unspecified atom stereocenters. The van der Waals surface area contributed by atoms with Crippen molar-refractivity contribution in [2.24, 2.45) is 0 Å². The minimum atomic E-state index is -4.29. The van der Waals surface area contributed by atoms with Crippen molar-refractivity contribution in [3.63, 3.8) is 0 Å². The molecular weight excluding hydrogens is 390 g/mol. The normalized spacial score (nSPS) is 13.0. The Morgan fingerprint density at radius 3 is 2.44 bits per heavy atom. The Morgan fingerprint density at radius 1 is 1.28 bits per heavy atom. The Morgan fingerprint density at radius 2 is 1.92 bits per heavy atom. The van der Waals surface area contributed by atoms with Gasteiger partial charge in [0.2, 0.25) is 0 Å². The van der Waals surface area contributed by atoms with E-state index in [4.69, 9.17) is 23.2 Å². The van der Waals surface area contributed by atoms with Crippen molar-refractivity contribution in [1.82, 2.24) is 0 Å². The number of hydrogen-bond acceptors (Lipinski definition) is 6. The molecule has 0 saturated heterocycles. The minimum absolute atomic E-state index is 0.0157. The number of rotatable bonds is 7. The number of nitrogens with one attached hydrogen (secondary N) is 1. The third-order valence-electron chi connectivity index (χ3n) is 2.58. The number of ether oxygens (including phenoxy) is 3. The second-order valence-electron chi connectivity index (χ2n) is 4.30. The van der Waals surface area contributed by atoms with E-state index < -0.39 is 29.4 Å². The standard InChI is InChI=1S/C14H12Cl2F3NO5/c1-23-11(21)6-10(12(22)24-2)20-9-5-7(3-4-8(9)15)25-14(18,19)13(16)17/h3-6,13,20H,1-2H3/b10-6+. The van der Waals surface area contributed by atoms with E-state index >= 15 is 0 Å². The molecule has 0 aliphatic carbocycles. The van der Waals surface area contributed by atoms with E-state index in [1.165, 1.54) is 0 Å². The van der Waals surface area contributed by atoms with Gasteiger partial charge in [-0.05, 0) is 12.1 Å². The molecule has 0 aliphatic heterocycles. The average molecular weight is 402 g/mol. The number of alkyl halides is 4. The third-order valence-corrected chi connectivity index (χ3v) is 3.17. The summed E-state index contributed by atoms with van der Waals surface area (Å²) in [7, 11) is 2.13. The van der Waals surface area contributed by atoms with Crippen LogP contribution in [-0.2, 0) is 19.1 Å². The van der Waals surface area contributed by atoms with E-state index in [0.29, 0.717) is 0 Å². The van der Waals surface area contributed by atoms with Crippen LogP contribution >= 0.6 is 23.2 Å². The van der Waals surface area contributed by atoms with Gasteiger partial charge in [-0.3, -0.25) is 0 Å². The van der Waals surface area contributed by atoms with Crippen LogP contribution in [0.3, 0.4) is 0 Å². The molecule has 25 heavy (non-hydrogen) atoms. The van der Waals surface area contributed by atoms with Crippen molar-refractivity contribution in [2.75, 3.05) is 19.5 Å². The van der Waals surface area contributed by atoms with Crippen molar-refractivity contribution in [3.8, 4) is 5.75 Å². The smallest absolute Gasteiger partial charge is 0.444 e. The average Bonchev–Trinajstić information content (AvgIpc) is 2.55. The van der Waals surface area contributed by atoms with Gasteiger partial charge in [-0.25, -0.2) is 14.0 Å². The fourth-order valence-electron chi connectivity index (χ4n) is 1.44. The summed E-state index contributed by atoms with van der Waals surface area (Å²) in [6.45, 7) is 0. The lowest BCUT2D eigenvalue weighted by molar-refractivity contribution is -0.199. The predicted octanol–water partition coefficient (Wildman–Crippen LogP) is 3.49. The molecule has 0 bridgehead atoms. The Labute approximate surface area is 150 Å². The van der Waals surface area contributed by atoms with Gasteiger partial charge in [-0.1, -0.05) is 23.2 Å². The first-order valence-electron chi connectivity index (χ1n) is 6.40. The summed E-state index contributed by atoms with van der Waals surface area (Å²) < 4.78 is 52.0. The Bertz CT molecular complexity index is 682. The number of hydrogen-bond donors (Lipinski definition) is 1. The zero-order valence-corrected chi connectivity index (χ0v) is 14.3. The molecule has 11 heteroatoms. The van der Waals surface area contributed by atoms with Crippen LogP contribution in [0, 0.1) is 0 Å². The Hall–Kier alpha value is -2.13. The van der Waals surface area contributed by atoms with E-state index in [2.05, 4.69) is 19.5 Å². The van der Waals surface area contributed by atoms with Gasteiger partial charge in [-0.15, -0.1) is 0 Å². The molecular formula is C14H12Cl2F3NO5. The van der Waals surface area contributed by atoms with Crippen molar-refractivity contribution in [1.29, 1.82) is 0 Å². The fraction of sp³-hybridized carbons (Fsp3) is 0.286. The molecule has 0 spiro atoms. The van der Waals surface area contributed by atoms with Gasteiger partial charge in [0, 0.05) is 6.07 Å². The monoisotopic (exact) mass is 401 g/mol. The predicted molar refractivity (Wildman–Crippen MR) is 83.5 cm³/mol. The van der Waals surface area contributed by atoms with Crippen LogP contribution < -0.4 is 10.1 Å². The molecule has 0 aromatic heterocycles. The van der Waals surface area contributed by atoms with E-state index in [0.717, 1.165) is 38.5 Å². The molecule has 1 rings (SSSR count). The van der Waals surface area contributed by atoms with Crippen molar-refractivity contribution >= 4 is 40.8 Å². The highest BCUT2D eigenvalue weighted by molar-refractivity contribution is 6.33. The van der Waals surface area contributed by atoms with Gasteiger partial charge in [0.15, 0.2) is 0 Å². The van der Waals surface area contributed by atoms with Crippen LogP contribution in [0.2, 0.25) is 5.02 Å². The molecule has 1 aromatic carbocycles. The number of benzene rings is 1. The fourth-order valence-corrected chi connectivity index (χ4v) is 1.65. The summed E-state index contributed by atoms with van der Waals surface area (Å²) in [6.07, 6.45) is -3.53. The second kappa shape index (κ2) is 8.82. The second-order valence-corrected chi connectivity index (χ2v) is 5.09. The molecule has 0 heterocycles. The zero-order chi connectivity index (χ0) is 19.2. The maximum atomic E-state index is 13.2. The summed E-state index contributed by atoms with van der Waals surface area (Å²) >= 11 is 10.6. The summed E-state index contributed by atoms with van der Waals surface area (Å²) in [5, 5.41) is 2.41. The highest BCUT2D eigenvalue weighted by atomic mass is 35.5. The van der Waals surface area contributed by atoms with Gasteiger partial charge in [0.05, 0.1) is 31.0 Å². The highest BCUT2D eigenvalue weighted by Crippen LogP contribution is 2.33. The van der Waals surface area contributed by atoms with Gasteiger partial charge in [-0.2, -0.15) is 8.78 Å². The summed E-state index contributed by atoms with van der Waals surface area (Å²) in [5.74, 6) is -2.34. The summed E-state index contributed by atoms with van der Waals surface area (Å²) in [4.78, 5) is 22.9. The zero-order valence-electron chi connectivity index (χ0n) is 12.8. The largest absolute Gasteiger partial charge is 0.466 e.